The van der Waals surface area contributed by atoms with Crippen molar-refractivity contribution in [1.29, 1.82) is 0 Å². The molecule has 0 aromatic heterocycles. The first-order valence-electron chi connectivity index (χ1n) is 4.42. The molecule has 0 atom stereocenters. The molecule has 0 radical (unpaired) electrons. The van der Waals surface area contributed by atoms with E-state index in [1.54, 1.807) is 24.3 Å². The molecule has 1 amide bonds. The van der Waals surface area contributed by atoms with Gasteiger partial charge >= 0.3 is 5.97 Å². The zero-order valence-corrected chi connectivity index (χ0v) is 8.06. The molecule has 0 aliphatic carbocycles. The Bertz CT molecular complexity index is 359. The summed E-state index contributed by atoms with van der Waals surface area (Å²) in [4.78, 5) is 21.3. The number of carbonyl (C=O) groups is 2. The molecular weight excluding hydrogens is 196 g/mol. The third kappa shape index (κ3) is 3.78. The van der Waals surface area contributed by atoms with Crippen molar-refractivity contribution in [3.63, 3.8) is 0 Å². The maximum atomic E-state index is 10.9. The van der Waals surface area contributed by atoms with Crippen LogP contribution in [0.15, 0.2) is 24.3 Å². The molecule has 1 rings (SSSR count). The zero-order chi connectivity index (χ0) is 11.3. The summed E-state index contributed by atoms with van der Waals surface area (Å²) in [6.07, 6.45) is -0.0227. The fraction of sp³-hybridized carbons (Fsp3) is 0.200. The lowest BCUT2D eigenvalue weighted by molar-refractivity contribution is -0.136. The Hall–Kier alpha value is -1.88. The molecule has 15 heavy (non-hydrogen) atoms. The molecule has 0 aliphatic heterocycles. The Balaban J connectivity index is 2.64. The molecule has 1 aromatic carbocycles. The van der Waals surface area contributed by atoms with Gasteiger partial charge in [0, 0.05) is 5.69 Å². The van der Waals surface area contributed by atoms with Crippen molar-refractivity contribution in [1.82, 2.24) is 0 Å². The van der Waals surface area contributed by atoms with Crippen LogP contribution in [-0.4, -0.2) is 23.5 Å². The lowest BCUT2D eigenvalue weighted by Crippen LogP contribution is -2.21. The van der Waals surface area contributed by atoms with Crippen molar-refractivity contribution in [2.75, 3.05) is 11.9 Å². The lowest BCUT2D eigenvalue weighted by atomic mass is 10.1. The van der Waals surface area contributed by atoms with Crippen LogP contribution in [0.3, 0.4) is 0 Å². The summed E-state index contributed by atoms with van der Waals surface area (Å²) >= 11 is 0. The van der Waals surface area contributed by atoms with Crippen LogP contribution in [0.25, 0.3) is 0 Å². The number of hydrogen-bond acceptors (Lipinski definition) is 3. The van der Waals surface area contributed by atoms with Crippen molar-refractivity contribution < 1.29 is 14.7 Å². The van der Waals surface area contributed by atoms with Crippen LogP contribution in [0, 0.1) is 0 Å². The smallest absolute Gasteiger partial charge is 0.307 e. The van der Waals surface area contributed by atoms with E-state index in [1.807, 2.05) is 0 Å². The fourth-order valence-corrected chi connectivity index (χ4v) is 1.09. The molecule has 80 valence electrons. The van der Waals surface area contributed by atoms with Gasteiger partial charge in [-0.1, -0.05) is 12.1 Å². The van der Waals surface area contributed by atoms with Crippen molar-refractivity contribution in [3.8, 4) is 0 Å². The van der Waals surface area contributed by atoms with Gasteiger partial charge in [-0.3, -0.25) is 9.59 Å². The van der Waals surface area contributed by atoms with Crippen LogP contribution in [0.1, 0.15) is 5.56 Å². The summed E-state index contributed by atoms with van der Waals surface area (Å²) in [5, 5.41) is 11.1. The second kappa shape index (κ2) is 5.11. The largest absolute Gasteiger partial charge is 0.481 e. The van der Waals surface area contributed by atoms with Gasteiger partial charge in [0.1, 0.15) is 0 Å². The third-order valence-electron chi connectivity index (χ3n) is 1.78. The van der Waals surface area contributed by atoms with Gasteiger partial charge in [0.15, 0.2) is 0 Å². The van der Waals surface area contributed by atoms with E-state index in [9.17, 15) is 9.59 Å². The van der Waals surface area contributed by atoms with E-state index >= 15 is 0 Å². The minimum atomic E-state index is -0.881. The minimum absolute atomic E-state index is 0.0227. The predicted octanol–water partition coefficient (Wildman–Crippen LogP) is 0.211. The average Bonchev–Trinajstić information content (AvgIpc) is 2.20. The Morgan fingerprint density at radius 1 is 1.27 bits per heavy atom. The maximum absolute atomic E-state index is 10.9. The van der Waals surface area contributed by atoms with Crippen LogP contribution >= 0.6 is 0 Å². The predicted molar refractivity (Wildman–Crippen MR) is 55.5 cm³/mol. The van der Waals surface area contributed by atoms with Gasteiger partial charge in [0.05, 0.1) is 13.0 Å². The fourth-order valence-electron chi connectivity index (χ4n) is 1.09. The van der Waals surface area contributed by atoms with Crippen LogP contribution in [0.5, 0.6) is 0 Å². The van der Waals surface area contributed by atoms with E-state index in [1.165, 1.54) is 0 Å². The first kappa shape index (κ1) is 11.2. The van der Waals surface area contributed by atoms with Gasteiger partial charge in [-0.2, -0.15) is 0 Å². The normalized spacial score (nSPS) is 9.67. The molecule has 0 heterocycles. The summed E-state index contributed by atoms with van der Waals surface area (Å²) in [6.45, 7) is -0.0725. The van der Waals surface area contributed by atoms with E-state index in [0.717, 1.165) is 0 Å². The van der Waals surface area contributed by atoms with Crippen LogP contribution < -0.4 is 11.1 Å². The monoisotopic (exact) mass is 208 g/mol. The second-order valence-electron chi connectivity index (χ2n) is 3.02. The first-order chi connectivity index (χ1) is 7.11. The number of anilines is 1. The number of nitrogens with one attached hydrogen (secondary N) is 1. The minimum Gasteiger partial charge on any atom is -0.481 e. The van der Waals surface area contributed by atoms with Crippen molar-refractivity contribution >= 4 is 17.6 Å². The van der Waals surface area contributed by atoms with Gasteiger partial charge in [-0.25, -0.2) is 0 Å². The number of carboxylic acid groups (broad SMARTS) is 1. The Morgan fingerprint density at radius 2 is 1.87 bits per heavy atom. The maximum Gasteiger partial charge on any atom is 0.307 e. The first-order valence-corrected chi connectivity index (χ1v) is 4.42. The van der Waals surface area contributed by atoms with Gasteiger partial charge in [0.2, 0.25) is 5.91 Å². The number of rotatable bonds is 4. The Morgan fingerprint density at radius 3 is 2.33 bits per heavy atom. The Kier molecular flexibility index (Phi) is 3.82. The summed E-state index contributed by atoms with van der Waals surface area (Å²) in [7, 11) is 0. The quantitative estimate of drug-likeness (QED) is 0.659. The standard InChI is InChI=1S/C10H12N2O3/c11-6-9(13)12-8-3-1-7(2-4-8)5-10(14)15/h1-4H,5-6,11H2,(H,12,13)(H,14,15). The summed E-state index contributed by atoms with van der Waals surface area (Å²) in [5.74, 6) is -1.16. The zero-order valence-electron chi connectivity index (χ0n) is 8.06. The molecule has 1 aromatic rings. The van der Waals surface area contributed by atoms with Crippen LogP contribution in [-0.2, 0) is 16.0 Å². The summed E-state index contributed by atoms with van der Waals surface area (Å²) in [6, 6.07) is 6.60. The van der Waals surface area contributed by atoms with Crippen molar-refractivity contribution in [3.05, 3.63) is 29.8 Å². The molecule has 0 saturated heterocycles. The van der Waals surface area contributed by atoms with Crippen LogP contribution in [0.2, 0.25) is 0 Å². The highest BCUT2D eigenvalue weighted by Crippen LogP contribution is 2.09. The van der Waals surface area contributed by atoms with Gasteiger partial charge in [-0.15, -0.1) is 0 Å². The number of carboxylic acids is 1. The summed E-state index contributed by atoms with van der Waals surface area (Å²) in [5.41, 5.74) is 6.42. The molecule has 0 bridgehead atoms. The highest BCUT2D eigenvalue weighted by atomic mass is 16.4. The highest BCUT2D eigenvalue weighted by molar-refractivity contribution is 5.92. The van der Waals surface area contributed by atoms with E-state index in [2.05, 4.69) is 5.32 Å². The number of hydrogen-bond donors (Lipinski definition) is 3. The number of benzene rings is 1. The molecule has 0 unspecified atom stereocenters. The average molecular weight is 208 g/mol. The molecule has 0 spiro atoms. The van der Waals surface area contributed by atoms with E-state index in [4.69, 9.17) is 10.8 Å². The molecule has 5 nitrogen and oxygen atoms in total. The van der Waals surface area contributed by atoms with Crippen molar-refractivity contribution in [2.45, 2.75) is 6.42 Å². The van der Waals surface area contributed by atoms with Gasteiger partial charge in [-0.05, 0) is 17.7 Å². The molecule has 4 N–H and O–H groups in total. The topological polar surface area (TPSA) is 92.4 Å². The molecular formula is C10H12N2O3. The molecule has 0 saturated carbocycles. The van der Waals surface area contributed by atoms with Crippen LogP contribution in [0.4, 0.5) is 5.69 Å². The number of carbonyl (C=O) groups excluding carboxylic acids is 1. The molecule has 0 aliphatic rings. The summed E-state index contributed by atoms with van der Waals surface area (Å²) < 4.78 is 0. The van der Waals surface area contributed by atoms with Gasteiger partial charge < -0.3 is 16.2 Å². The lowest BCUT2D eigenvalue weighted by Gasteiger charge is -2.03. The highest BCUT2D eigenvalue weighted by Gasteiger charge is 2.01. The number of nitrogens with two attached hydrogens (primary N) is 1. The van der Waals surface area contributed by atoms with E-state index < -0.39 is 5.97 Å². The molecule has 5 heteroatoms. The number of amides is 1. The number of aliphatic carboxylic acids is 1. The SMILES string of the molecule is NCC(=O)Nc1ccc(CC(=O)O)cc1. The van der Waals surface area contributed by atoms with Gasteiger partial charge in [0.25, 0.3) is 0 Å². The van der Waals surface area contributed by atoms with Crippen molar-refractivity contribution in [2.24, 2.45) is 5.73 Å². The van der Waals surface area contributed by atoms with E-state index in [0.29, 0.717) is 11.3 Å². The molecule has 0 fully saturated rings. The van der Waals surface area contributed by atoms with E-state index in [-0.39, 0.29) is 18.9 Å². The Labute approximate surface area is 86.9 Å². The second-order valence-corrected chi connectivity index (χ2v) is 3.02. The third-order valence-corrected chi connectivity index (χ3v) is 1.78.